The molecule has 0 bridgehead atoms. The van der Waals surface area contributed by atoms with Gasteiger partial charge >= 0.3 is 155 Å². The number of hydrogen-bond acceptors (Lipinski definition) is 17. The summed E-state index contributed by atoms with van der Waals surface area (Å²) in [5, 5.41) is 4.55. The van der Waals surface area contributed by atoms with Gasteiger partial charge in [-0.15, -0.1) is 0 Å². The van der Waals surface area contributed by atoms with Gasteiger partial charge in [-0.05, 0) is 96.9 Å². The summed E-state index contributed by atoms with van der Waals surface area (Å²) in [4.78, 5) is 49.9. The van der Waals surface area contributed by atoms with Gasteiger partial charge in [-0.25, -0.2) is 9.59 Å². The summed E-state index contributed by atoms with van der Waals surface area (Å²) in [5.74, 6) is 1.41. The number of benzene rings is 5. The standard InChI is InChI=1S/C25H36N2O6S.C23H32N2O6S.C20H20ClOP/c1-8-27(24(28)33-25(3,4)5)23-26-20-21(31-15-17-9-11-18(30-7)12-10-17)16(2)19(13-14-29-6)32-22(20)34-23;1-7-25(22(27)31-23(3,4)5)21-24-18-19(14(2)17(12-26)30-20(18)32-21)29-13-15-8-10-16(28-6)11-9-15;1-2-23(22-21,18-12-6-3-7-13-18,19-14-8-4-9-15-19)20-16-10-5-11-17-20/h9-14,16,19-22H,8,15H2,1-7H3;8-12,14,17-20H,7,13H2,1-6H3;3-17H,2H2,1H3/b14-13+;;/t16-,19-,20-,21+,22-;14-,17-,18-,19+,20-;/m11./s1. The number of fused-ring (bicyclic) bond motifs is 2. The Balaban J connectivity index is 0.000000194. The number of halogens is 1. The molecule has 0 unspecified atom stereocenters. The fourth-order valence-corrected chi connectivity index (χ4v) is 19.1. The van der Waals surface area contributed by atoms with Crippen molar-refractivity contribution in [2.75, 3.05) is 40.6 Å². The van der Waals surface area contributed by atoms with Crippen molar-refractivity contribution < 1.29 is 61.1 Å². The summed E-state index contributed by atoms with van der Waals surface area (Å²) in [6.07, 6.45) is 2.90. The molecule has 482 valence electrons. The fourth-order valence-electron chi connectivity index (χ4n) is 10.9. The second-order valence-electron chi connectivity index (χ2n) is 23.7. The van der Waals surface area contributed by atoms with Crippen molar-refractivity contribution in [1.82, 2.24) is 9.80 Å². The number of carbonyl (C=O) groups excluding carboxylic acids is 3. The Hall–Kier alpha value is -5.99. The topological polar surface area (TPSA) is 175 Å². The van der Waals surface area contributed by atoms with E-state index in [4.69, 9.17) is 68.6 Å². The van der Waals surface area contributed by atoms with Crippen LogP contribution >= 0.6 is 42.2 Å². The molecule has 5 aromatic carbocycles. The molecule has 89 heavy (non-hydrogen) atoms. The summed E-state index contributed by atoms with van der Waals surface area (Å²) in [5.41, 5.74) is 0.135. The van der Waals surface area contributed by atoms with E-state index in [0.29, 0.717) is 36.6 Å². The van der Waals surface area contributed by atoms with Crippen molar-refractivity contribution >= 4 is 86.9 Å². The average Bonchev–Trinajstić information content (AvgIpc) is 1.67. The fraction of sp³-hybridized carbons (Fsp3) is 0.456. The molecule has 2 saturated heterocycles. The van der Waals surface area contributed by atoms with Crippen LogP contribution in [0.1, 0.15) is 87.3 Å². The van der Waals surface area contributed by atoms with E-state index in [1.165, 1.54) is 28.4 Å². The van der Waals surface area contributed by atoms with Crippen molar-refractivity contribution in [2.24, 2.45) is 21.8 Å². The second-order valence-corrected chi connectivity index (χ2v) is 31.0. The number of ether oxygens (including phenoxy) is 9. The summed E-state index contributed by atoms with van der Waals surface area (Å²) >= 11 is 9.11. The van der Waals surface area contributed by atoms with Crippen LogP contribution in [-0.4, -0.2) is 138 Å². The van der Waals surface area contributed by atoms with Crippen LogP contribution in [0.5, 0.6) is 11.5 Å². The number of aliphatic imine (C=N–C) groups is 2. The molecule has 10 atom stereocenters. The van der Waals surface area contributed by atoms with E-state index < -0.39 is 41.8 Å². The molecule has 2 fully saturated rings. The van der Waals surface area contributed by atoms with Crippen LogP contribution < -0.4 is 25.4 Å². The number of thioether (sulfide) groups is 2. The third-order valence-electron chi connectivity index (χ3n) is 15.6. The van der Waals surface area contributed by atoms with E-state index >= 15 is 0 Å². The van der Waals surface area contributed by atoms with Crippen molar-refractivity contribution in [1.29, 1.82) is 0 Å². The Morgan fingerprint density at radius 2 is 0.955 bits per heavy atom. The number of carbonyl (C=O) groups is 3. The number of amidine groups is 2. The number of hydrogen-bond donors (Lipinski definition) is 0. The molecule has 0 aliphatic carbocycles. The number of aldehydes is 1. The quantitative estimate of drug-likeness (QED) is 0.0460. The van der Waals surface area contributed by atoms with Crippen LogP contribution in [-0.2, 0) is 55.2 Å². The molecule has 0 aromatic heterocycles. The Bertz CT molecular complexity index is 3050. The molecular formula is C68H88ClN4O13PS2. The van der Waals surface area contributed by atoms with Crippen LogP contribution in [0.3, 0.4) is 0 Å². The summed E-state index contributed by atoms with van der Waals surface area (Å²) < 4.78 is 57.8. The van der Waals surface area contributed by atoms with E-state index in [9.17, 15) is 14.4 Å². The Kier molecular flexibility index (Phi) is 25.2. The zero-order valence-corrected chi connectivity index (χ0v) is 56.8. The minimum atomic E-state index is -3.16. The third-order valence-corrected chi connectivity index (χ3v) is 24.5. The van der Waals surface area contributed by atoms with Crippen molar-refractivity contribution in [2.45, 2.75) is 148 Å². The maximum atomic E-state index is 12.8. The molecule has 0 saturated carbocycles. The van der Waals surface area contributed by atoms with Gasteiger partial charge in [-0.2, -0.15) is 0 Å². The predicted molar refractivity (Wildman–Crippen MR) is 358 cm³/mol. The molecule has 2 amide bonds. The first-order valence-electron chi connectivity index (χ1n) is 30.0. The van der Waals surface area contributed by atoms with Gasteiger partial charge in [0, 0.05) is 24.9 Å². The van der Waals surface area contributed by atoms with Gasteiger partial charge in [0.1, 0.15) is 58.0 Å². The van der Waals surface area contributed by atoms with Crippen LogP contribution in [0.15, 0.2) is 162 Å². The molecule has 5 aromatic rings. The summed E-state index contributed by atoms with van der Waals surface area (Å²) in [6, 6.07) is 46.0. The van der Waals surface area contributed by atoms with Gasteiger partial charge in [0.15, 0.2) is 10.3 Å². The first-order valence-corrected chi connectivity index (χ1v) is 34.4. The monoisotopic (exact) mass is 1300 g/mol. The molecule has 21 heteroatoms. The zero-order valence-electron chi connectivity index (χ0n) is 53.6. The van der Waals surface area contributed by atoms with Gasteiger partial charge < -0.3 is 47.4 Å². The number of rotatable bonds is 18. The van der Waals surface area contributed by atoms with Gasteiger partial charge in [0.2, 0.25) is 0 Å². The Morgan fingerprint density at radius 1 is 0.584 bits per heavy atom. The van der Waals surface area contributed by atoms with Crippen LogP contribution in [0.2, 0.25) is 0 Å². The third kappa shape index (κ3) is 16.9. The Morgan fingerprint density at radius 3 is 1.27 bits per heavy atom. The van der Waals surface area contributed by atoms with Gasteiger partial charge in [-0.3, -0.25) is 19.8 Å². The normalized spacial score (nSPS) is 23.4. The van der Waals surface area contributed by atoms with Crippen LogP contribution in [0.4, 0.5) is 9.59 Å². The SMILES string of the molecule is CCN(C(=O)OC(C)(C)C)C1=N[C@@H]2[C@@H](OCc3ccc(OC)cc3)[C@H](C)[C@@H](/C=C/OC)O[C@@H]2S1.CCN(C(=O)OC(C)(C)C)C1=N[C@@H]2[C@@H](OCc3ccc(OC)cc3)[C@H](C)[C@@H](C=O)O[C@@H]2S1.CCP(OCl)(c1ccccc1)(c1ccccc1)c1ccccc1. The Labute approximate surface area is 539 Å². The molecule has 17 nitrogen and oxygen atoms in total. The van der Waals surface area contributed by atoms with Crippen molar-refractivity contribution in [3.63, 3.8) is 0 Å². The number of methoxy groups -OCH3 is 3. The second kappa shape index (κ2) is 31.8. The maximum absolute atomic E-state index is 12.8. The minimum absolute atomic E-state index is 0.0196. The van der Waals surface area contributed by atoms with Crippen LogP contribution in [0, 0.1) is 11.8 Å². The first-order chi connectivity index (χ1) is 42.6. The van der Waals surface area contributed by atoms with E-state index in [1.54, 1.807) is 32.5 Å². The molecule has 0 N–H and O–H groups in total. The van der Waals surface area contributed by atoms with E-state index in [1.807, 2.05) is 172 Å². The number of nitrogens with zero attached hydrogens (tertiary/aromatic N) is 4. The van der Waals surface area contributed by atoms with Crippen molar-refractivity contribution in [3.8, 4) is 11.5 Å². The summed E-state index contributed by atoms with van der Waals surface area (Å²) in [6.45, 7) is 19.5. The molecule has 4 aliphatic rings. The predicted octanol–water partition coefficient (Wildman–Crippen LogP) is 13.3. The van der Waals surface area contributed by atoms with E-state index in [-0.39, 0.29) is 47.7 Å². The first kappa shape index (κ1) is 70.5. The van der Waals surface area contributed by atoms with Crippen LogP contribution in [0.25, 0.3) is 0 Å². The van der Waals surface area contributed by atoms with Gasteiger partial charge in [0.05, 0.1) is 59.1 Å². The van der Waals surface area contributed by atoms with E-state index in [2.05, 4.69) is 50.2 Å². The molecule has 4 aliphatic heterocycles. The zero-order chi connectivity index (χ0) is 64.5. The number of amides is 2. The summed E-state index contributed by atoms with van der Waals surface area (Å²) in [7, 11) is 4.88. The van der Waals surface area contributed by atoms with E-state index in [0.717, 1.165) is 51.0 Å². The van der Waals surface area contributed by atoms with Gasteiger partial charge in [-0.1, -0.05) is 61.6 Å². The van der Waals surface area contributed by atoms with Gasteiger partial charge in [0.25, 0.3) is 0 Å². The molecular weight excluding hydrogens is 1210 g/mol. The molecule has 4 heterocycles. The molecule has 0 spiro atoms. The average molecular weight is 1300 g/mol. The van der Waals surface area contributed by atoms with Crippen molar-refractivity contribution in [3.05, 3.63) is 163 Å². The molecule has 9 rings (SSSR count). The molecule has 0 radical (unpaired) electrons.